The number of carboxylic acid groups (broad SMARTS) is 1. The van der Waals surface area contributed by atoms with Gasteiger partial charge in [-0.15, -0.1) is 0 Å². The van der Waals surface area contributed by atoms with E-state index in [2.05, 4.69) is 0 Å². The third kappa shape index (κ3) is 7.24. The number of aliphatic carboxylic acids is 1. The molecule has 0 aromatic heterocycles. The Labute approximate surface area is 66.3 Å². The minimum absolute atomic E-state index is 0. The van der Waals surface area contributed by atoms with Gasteiger partial charge in [0.2, 0.25) is 0 Å². The quantitative estimate of drug-likeness (QED) is 0.449. The van der Waals surface area contributed by atoms with Gasteiger partial charge in [0.1, 0.15) is 6.04 Å². The normalized spacial score (nSPS) is 11.8. The van der Waals surface area contributed by atoms with Gasteiger partial charge in [-0.25, -0.2) is 0 Å². The summed E-state index contributed by atoms with van der Waals surface area (Å²) < 4.78 is 0. The minimum atomic E-state index is -0.933. The van der Waals surface area contributed by atoms with E-state index in [0.717, 1.165) is 12.8 Å². The maximum absolute atomic E-state index is 10.1. The molecule has 5 N–H and O–H groups in total. The summed E-state index contributed by atoms with van der Waals surface area (Å²) in [5.41, 5.74) is 10.4. The lowest BCUT2D eigenvalue weighted by atomic mass is 10.1. The highest BCUT2D eigenvalue weighted by Gasteiger charge is 2.09. The summed E-state index contributed by atoms with van der Waals surface area (Å²) in [6.45, 7) is 0.604. The predicted octanol–water partition coefficient (Wildman–Crippen LogP) is -0.953. The molecular weight excluding hydrogens is 146 g/mol. The summed E-state index contributed by atoms with van der Waals surface area (Å²) in [5.74, 6) is -0.933. The van der Waals surface area contributed by atoms with Crippen molar-refractivity contribution in [3.63, 3.8) is 0 Å². The van der Waals surface area contributed by atoms with Crippen LogP contribution in [-0.2, 0) is 4.79 Å². The van der Waals surface area contributed by atoms with Crippen LogP contribution in [0, 0.1) is 0 Å². The minimum Gasteiger partial charge on any atom is -0.480 e. The number of rotatable bonds is 5. The van der Waals surface area contributed by atoms with Crippen LogP contribution in [0.5, 0.6) is 0 Å². The summed E-state index contributed by atoms with van der Waals surface area (Å²) in [7, 11) is 0. The number of carbonyl (C=O) groups is 1. The molecule has 0 saturated carbocycles. The first-order valence-electron chi connectivity index (χ1n) is 3.37. The van der Waals surface area contributed by atoms with Gasteiger partial charge >= 0.3 is 5.97 Å². The van der Waals surface area contributed by atoms with E-state index in [0.29, 0.717) is 13.0 Å². The molecule has 0 aliphatic rings. The molecule has 0 aliphatic heterocycles. The molecule has 0 saturated heterocycles. The Balaban J connectivity index is 0. The molecule has 1 atom stereocenters. The number of unbranched alkanes of at least 4 members (excludes halogenated alkanes) is 1. The lowest BCUT2D eigenvalue weighted by molar-refractivity contribution is -0.138. The molecule has 3 radical (unpaired) electrons. The van der Waals surface area contributed by atoms with Crippen LogP contribution in [0.2, 0.25) is 0 Å². The van der Waals surface area contributed by atoms with Gasteiger partial charge < -0.3 is 16.6 Å². The van der Waals surface area contributed by atoms with Gasteiger partial charge in [0.25, 0.3) is 0 Å². The Kier molecular flexibility index (Phi) is 8.80. The summed E-state index contributed by atoms with van der Waals surface area (Å²) in [6, 6.07) is -0.716. The highest BCUT2D eigenvalue weighted by molar-refractivity contribution is 5.72. The van der Waals surface area contributed by atoms with Crippen LogP contribution in [-0.4, -0.2) is 23.7 Å². The zero-order valence-electron chi connectivity index (χ0n) is 6.36. The topological polar surface area (TPSA) is 120 Å². The van der Waals surface area contributed by atoms with E-state index >= 15 is 0 Å². The Morgan fingerprint density at radius 2 is 2.00 bits per heavy atom. The maximum Gasteiger partial charge on any atom is 0.320 e. The molecule has 0 aromatic carbocycles. The van der Waals surface area contributed by atoms with E-state index in [9.17, 15) is 4.79 Å². The molecule has 11 heavy (non-hydrogen) atoms. The number of nitrogens with zero attached hydrogens (tertiary/aromatic N) is 1. The summed E-state index contributed by atoms with van der Waals surface area (Å²) in [5, 5.41) is 8.33. The molecule has 0 heterocycles. The molecule has 0 rings (SSSR count). The highest BCUT2D eigenvalue weighted by atomic mass is 16.4. The van der Waals surface area contributed by atoms with E-state index < -0.39 is 12.0 Å². The molecule has 0 aliphatic carbocycles. The fraction of sp³-hybridized carbons (Fsp3) is 0.833. The Morgan fingerprint density at radius 3 is 2.36 bits per heavy atom. The summed E-state index contributed by atoms with van der Waals surface area (Å²) in [4.78, 5) is 10.1. The van der Waals surface area contributed by atoms with E-state index in [1.807, 2.05) is 0 Å². The van der Waals surface area contributed by atoms with Crippen molar-refractivity contribution in [1.82, 2.24) is 6.15 Å². The van der Waals surface area contributed by atoms with Gasteiger partial charge in [-0.2, -0.15) is 0 Å². The van der Waals surface area contributed by atoms with Crippen molar-refractivity contribution >= 4 is 5.97 Å². The molecule has 0 fully saturated rings. The molecular formula is C6H14N3O2. The van der Waals surface area contributed by atoms with Gasteiger partial charge in [0.15, 0.2) is 0 Å². The van der Waals surface area contributed by atoms with Crippen LogP contribution < -0.4 is 17.6 Å². The van der Waals surface area contributed by atoms with Crippen LogP contribution in [0.4, 0.5) is 0 Å². The van der Waals surface area contributed by atoms with Crippen LogP contribution in [0.3, 0.4) is 0 Å². The number of hydrogen-bond acceptors (Lipinski definition) is 3. The van der Waals surface area contributed by atoms with E-state index in [4.69, 9.17) is 16.6 Å². The van der Waals surface area contributed by atoms with Crippen LogP contribution in [0.25, 0.3) is 0 Å². The SMILES string of the molecule is NCCCC[C@H](N)C(=O)O.[N]. The second kappa shape index (κ2) is 7.46. The first-order valence-corrected chi connectivity index (χ1v) is 3.37. The summed E-state index contributed by atoms with van der Waals surface area (Å²) in [6.07, 6.45) is 2.16. The van der Waals surface area contributed by atoms with Crippen molar-refractivity contribution in [2.75, 3.05) is 6.54 Å². The Bertz CT molecular complexity index is 108. The average Bonchev–Trinajstić information content (AvgIpc) is 1.88. The number of carboxylic acids is 1. The van der Waals surface area contributed by atoms with Gasteiger partial charge in [-0.1, -0.05) is 6.42 Å². The monoisotopic (exact) mass is 160 g/mol. The van der Waals surface area contributed by atoms with Gasteiger partial charge in [0, 0.05) is 6.15 Å². The van der Waals surface area contributed by atoms with Crippen LogP contribution in [0.15, 0.2) is 0 Å². The fourth-order valence-electron chi connectivity index (χ4n) is 0.632. The predicted molar refractivity (Wildman–Crippen MR) is 40.7 cm³/mol. The third-order valence-electron chi connectivity index (χ3n) is 1.29. The molecule has 0 bridgehead atoms. The van der Waals surface area contributed by atoms with E-state index in [1.165, 1.54) is 0 Å². The average molecular weight is 160 g/mol. The number of hydrogen-bond donors (Lipinski definition) is 3. The van der Waals surface area contributed by atoms with Crippen molar-refractivity contribution in [2.45, 2.75) is 25.3 Å². The molecule has 0 unspecified atom stereocenters. The first-order chi connectivity index (χ1) is 4.68. The van der Waals surface area contributed by atoms with Gasteiger partial charge in [0.05, 0.1) is 0 Å². The van der Waals surface area contributed by atoms with Gasteiger partial charge in [-0.05, 0) is 19.4 Å². The largest absolute Gasteiger partial charge is 0.480 e. The standard InChI is InChI=1S/C6H14N2O2.N/c7-4-2-1-3-5(8)6(9)10;/h5H,1-4,7-8H2,(H,9,10);/t5-;/m0./s1. The highest BCUT2D eigenvalue weighted by Crippen LogP contribution is 1.96. The molecule has 65 valence electrons. The van der Waals surface area contributed by atoms with Crippen LogP contribution in [0.1, 0.15) is 19.3 Å². The smallest absolute Gasteiger partial charge is 0.320 e. The zero-order valence-corrected chi connectivity index (χ0v) is 6.36. The molecule has 5 nitrogen and oxygen atoms in total. The second-order valence-corrected chi connectivity index (χ2v) is 2.23. The Morgan fingerprint density at radius 1 is 1.45 bits per heavy atom. The van der Waals surface area contributed by atoms with Gasteiger partial charge in [-0.3, -0.25) is 4.79 Å². The zero-order chi connectivity index (χ0) is 7.98. The maximum atomic E-state index is 10.1. The molecule has 0 amide bonds. The van der Waals surface area contributed by atoms with Crippen molar-refractivity contribution in [2.24, 2.45) is 11.5 Å². The van der Waals surface area contributed by atoms with Crippen molar-refractivity contribution in [3.8, 4) is 0 Å². The van der Waals surface area contributed by atoms with Crippen molar-refractivity contribution in [1.29, 1.82) is 0 Å². The second-order valence-electron chi connectivity index (χ2n) is 2.23. The van der Waals surface area contributed by atoms with Crippen molar-refractivity contribution < 1.29 is 9.90 Å². The van der Waals surface area contributed by atoms with E-state index in [1.54, 1.807) is 0 Å². The molecule has 0 spiro atoms. The first kappa shape index (κ1) is 13.0. The lowest BCUT2D eigenvalue weighted by Crippen LogP contribution is -2.29. The third-order valence-corrected chi connectivity index (χ3v) is 1.29. The summed E-state index contributed by atoms with van der Waals surface area (Å²) >= 11 is 0. The number of nitrogens with two attached hydrogens (primary N) is 2. The fourth-order valence-corrected chi connectivity index (χ4v) is 0.632. The van der Waals surface area contributed by atoms with Crippen molar-refractivity contribution in [3.05, 3.63) is 0 Å². The Hall–Kier alpha value is -0.650. The molecule has 0 aromatic rings. The van der Waals surface area contributed by atoms with Crippen LogP contribution >= 0.6 is 0 Å². The lowest BCUT2D eigenvalue weighted by Gasteiger charge is -2.03. The van der Waals surface area contributed by atoms with E-state index in [-0.39, 0.29) is 6.15 Å². The molecule has 5 heteroatoms.